The van der Waals surface area contributed by atoms with Gasteiger partial charge in [-0.1, -0.05) is 24.3 Å². The third-order valence-electron chi connectivity index (χ3n) is 4.39. The summed E-state index contributed by atoms with van der Waals surface area (Å²) >= 11 is 0. The Bertz CT molecular complexity index is 751. The van der Waals surface area contributed by atoms with Gasteiger partial charge in [-0.25, -0.2) is 9.37 Å². The topological polar surface area (TPSA) is 62.3 Å². The smallest absolute Gasteiger partial charge is 0.230 e. The molecule has 1 saturated heterocycles. The summed E-state index contributed by atoms with van der Waals surface area (Å²) in [6.45, 7) is 0.950. The van der Waals surface area contributed by atoms with E-state index >= 15 is 0 Å². The highest BCUT2D eigenvalue weighted by Crippen LogP contribution is 2.20. The van der Waals surface area contributed by atoms with Crippen LogP contribution in [0.1, 0.15) is 18.4 Å². The second kappa shape index (κ2) is 7.88. The summed E-state index contributed by atoms with van der Waals surface area (Å²) in [4.78, 5) is 30.3. The second-order valence-electron chi connectivity index (χ2n) is 6.12. The number of benzene rings is 1. The molecule has 0 bridgehead atoms. The predicted octanol–water partition coefficient (Wildman–Crippen LogP) is 2.64. The van der Waals surface area contributed by atoms with E-state index in [0.717, 1.165) is 0 Å². The van der Waals surface area contributed by atoms with Crippen LogP contribution < -0.4 is 5.32 Å². The Kier molecular flexibility index (Phi) is 5.38. The Labute approximate surface area is 145 Å². The average Bonchev–Trinajstić information content (AvgIpc) is 3.12. The lowest BCUT2D eigenvalue weighted by Gasteiger charge is -2.16. The van der Waals surface area contributed by atoms with Gasteiger partial charge in [0, 0.05) is 25.7 Å². The molecule has 0 unspecified atom stereocenters. The first-order valence-corrected chi connectivity index (χ1v) is 8.36. The van der Waals surface area contributed by atoms with Crippen LogP contribution in [-0.2, 0) is 16.0 Å². The van der Waals surface area contributed by atoms with Gasteiger partial charge in [0.15, 0.2) is 0 Å². The third kappa shape index (κ3) is 4.41. The number of carbonyl (C=O) groups is 2. The van der Waals surface area contributed by atoms with Crippen LogP contribution in [0, 0.1) is 11.7 Å². The fourth-order valence-electron chi connectivity index (χ4n) is 2.97. The molecule has 2 heterocycles. The summed E-state index contributed by atoms with van der Waals surface area (Å²) in [5.74, 6) is -0.180. The molecule has 1 N–H and O–H groups in total. The lowest BCUT2D eigenvalue weighted by molar-refractivity contribution is -0.130. The van der Waals surface area contributed by atoms with Gasteiger partial charge < -0.3 is 10.2 Å². The second-order valence-corrected chi connectivity index (χ2v) is 6.12. The van der Waals surface area contributed by atoms with E-state index in [-0.39, 0.29) is 30.0 Å². The molecule has 5 nitrogen and oxygen atoms in total. The number of amides is 2. The number of rotatable bonds is 5. The molecular weight excluding hydrogens is 321 g/mol. The zero-order chi connectivity index (χ0) is 17.6. The molecule has 1 atom stereocenters. The molecule has 1 aromatic carbocycles. The first kappa shape index (κ1) is 17.1. The number of anilines is 1. The van der Waals surface area contributed by atoms with Gasteiger partial charge in [-0.2, -0.15) is 0 Å². The first-order valence-electron chi connectivity index (χ1n) is 8.36. The van der Waals surface area contributed by atoms with Crippen molar-refractivity contribution in [1.82, 2.24) is 9.88 Å². The van der Waals surface area contributed by atoms with Crippen LogP contribution in [-0.4, -0.2) is 34.8 Å². The van der Waals surface area contributed by atoms with E-state index in [0.29, 0.717) is 37.3 Å². The molecule has 25 heavy (non-hydrogen) atoms. The number of pyridine rings is 1. The zero-order valence-corrected chi connectivity index (χ0v) is 13.8. The molecule has 2 amide bonds. The molecular formula is C19H20FN3O2. The SMILES string of the molecule is O=C(Nc1ccccn1)[C@@H]1CCN(C(=O)CCc2ccccc2F)C1. The van der Waals surface area contributed by atoms with Gasteiger partial charge in [0.2, 0.25) is 11.8 Å². The van der Waals surface area contributed by atoms with Crippen molar-refractivity contribution in [1.29, 1.82) is 0 Å². The monoisotopic (exact) mass is 341 g/mol. The molecule has 1 aromatic heterocycles. The molecule has 6 heteroatoms. The summed E-state index contributed by atoms with van der Waals surface area (Å²) in [6, 6.07) is 11.8. The fourth-order valence-corrected chi connectivity index (χ4v) is 2.97. The molecule has 0 aliphatic carbocycles. The van der Waals surface area contributed by atoms with Crippen molar-refractivity contribution < 1.29 is 14.0 Å². The van der Waals surface area contributed by atoms with E-state index in [4.69, 9.17) is 0 Å². The molecule has 1 aliphatic rings. The van der Waals surface area contributed by atoms with E-state index in [9.17, 15) is 14.0 Å². The maximum atomic E-state index is 13.6. The summed E-state index contributed by atoms with van der Waals surface area (Å²) in [5.41, 5.74) is 0.541. The molecule has 130 valence electrons. The number of halogens is 1. The minimum atomic E-state index is -0.288. The van der Waals surface area contributed by atoms with Crippen LogP contribution in [0.2, 0.25) is 0 Å². The van der Waals surface area contributed by atoms with Crippen molar-refractivity contribution in [2.24, 2.45) is 5.92 Å². The van der Waals surface area contributed by atoms with Gasteiger partial charge in [0.1, 0.15) is 11.6 Å². The maximum Gasteiger partial charge on any atom is 0.230 e. The quantitative estimate of drug-likeness (QED) is 0.909. The lowest BCUT2D eigenvalue weighted by atomic mass is 10.1. The Morgan fingerprint density at radius 3 is 2.76 bits per heavy atom. The number of hydrogen-bond acceptors (Lipinski definition) is 3. The minimum absolute atomic E-state index is 0.0450. The molecule has 1 fully saturated rings. The van der Waals surface area contributed by atoms with Crippen LogP contribution in [0.4, 0.5) is 10.2 Å². The van der Waals surface area contributed by atoms with Gasteiger partial charge >= 0.3 is 0 Å². The highest BCUT2D eigenvalue weighted by atomic mass is 19.1. The van der Waals surface area contributed by atoms with Crippen LogP contribution in [0.15, 0.2) is 48.7 Å². The van der Waals surface area contributed by atoms with Crippen LogP contribution in [0.5, 0.6) is 0 Å². The van der Waals surface area contributed by atoms with E-state index < -0.39 is 0 Å². The molecule has 0 radical (unpaired) electrons. The van der Waals surface area contributed by atoms with Crippen LogP contribution in [0.25, 0.3) is 0 Å². The van der Waals surface area contributed by atoms with E-state index in [1.807, 2.05) is 0 Å². The van der Waals surface area contributed by atoms with Gasteiger partial charge in [0.25, 0.3) is 0 Å². The molecule has 3 rings (SSSR count). The highest BCUT2D eigenvalue weighted by molar-refractivity contribution is 5.92. The van der Waals surface area contributed by atoms with E-state index in [2.05, 4.69) is 10.3 Å². The summed E-state index contributed by atoms with van der Waals surface area (Å²) < 4.78 is 13.6. The molecule has 1 aliphatic heterocycles. The summed E-state index contributed by atoms with van der Waals surface area (Å²) in [7, 11) is 0. The fraction of sp³-hybridized carbons (Fsp3) is 0.316. The Hall–Kier alpha value is -2.76. The Morgan fingerprint density at radius 1 is 1.20 bits per heavy atom. The number of hydrogen-bond donors (Lipinski definition) is 1. The van der Waals surface area contributed by atoms with Crippen molar-refractivity contribution in [3.05, 3.63) is 60.0 Å². The number of aromatic nitrogens is 1. The predicted molar refractivity (Wildman–Crippen MR) is 92.3 cm³/mol. The van der Waals surface area contributed by atoms with Crippen molar-refractivity contribution in [2.45, 2.75) is 19.3 Å². The largest absolute Gasteiger partial charge is 0.342 e. The average molecular weight is 341 g/mol. The van der Waals surface area contributed by atoms with Gasteiger partial charge in [0.05, 0.1) is 5.92 Å². The van der Waals surface area contributed by atoms with Crippen LogP contribution in [0.3, 0.4) is 0 Å². The molecule has 0 saturated carbocycles. The first-order chi connectivity index (χ1) is 12.1. The number of carbonyl (C=O) groups excluding carboxylic acids is 2. The van der Waals surface area contributed by atoms with E-state index in [1.165, 1.54) is 6.07 Å². The minimum Gasteiger partial charge on any atom is -0.342 e. The van der Waals surface area contributed by atoms with E-state index in [1.54, 1.807) is 47.5 Å². The van der Waals surface area contributed by atoms with Gasteiger partial charge in [-0.05, 0) is 36.6 Å². The van der Waals surface area contributed by atoms with Crippen LogP contribution >= 0.6 is 0 Å². The standard InChI is InChI=1S/C19H20FN3O2/c20-16-6-2-1-5-14(16)8-9-18(24)23-12-10-15(13-23)19(25)22-17-7-3-4-11-21-17/h1-7,11,15H,8-10,12-13H2,(H,21,22,25)/t15-/m1/s1. The highest BCUT2D eigenvalue weighted by Gasteiger charge is 2.31. The number of likely N-dealkylation sites (tertiary alicyclic amines) is 1. The normalized spacial score (nSPS) is 16.7. The third-order valence-corrected chi connectivity index (χ3v) is 4.39. The number of nitrogens with zero attached hydrogens (tertiary/aromatic N) is 2. The van der Waals surface area contributed by atoms with Crippen molar-refractivity contribution in [3.63, 3.8) is 0 Å². The number of aryl methyl sites for hydroxylation is 1. The van der Waals surface area contributed by atoms with Crippen molar-refractivity contribution in [3.8, 4) is 0 Å². The Balaban J connectivity index is 1.49. The molecule has 2 aromatic rings. The lowest BCUT2D eigenvalue weighted by Crippen LogP contribution is -2.31. The van der Waals surface area contributed by atoms with Crippen molar-refractivity contribution in [2.75, 3.05) is 18.4 Å². The zero-order valence-electron chi connectivity index (χ0n) is 13.8. The van der Waals surface area contributed by atoms with Gasteiger partial charge in [-0.15, -0.1) is 0 Å². The molecule has 0 spiro atoms. The van der Waals surface area contributed by atoms with Crippen molar-refractivity contribution >= 4 is 17.6 Å². The maximum absolute atomic E-state index is 13.6. The van der Waals surface area contributed by atoms with Gasteiger partial charge in [-0.3, -0.25) is 9.59 Å². The summed E-state index contributed by atoms with van der Waals surface area (Å²) in [6.07, 6.45) is 2.86. The number of nitrogens with one attached hydrogen (secondary N) is 1. The summed E-state index contributed by atoms with van der Waals surface area (Å²) in [5, 5.41) is 2.77. The Morgan fingerprint density at radius 2 is 2.00 bits per heavy atom.